The third-order valence-electron chi connectivity index (χ3n) is 4.10. The van der Waals surface area contributed by atoms with Gasteiger partial charge in [-0.2, -0.15) is 0 Å². The summed E-state index contributed by atoms with van der Waals surface area (Å²) in [7, 11) is 1.74. The first-order chi connectivity index (χ1) is 10.6. The predicted molar refractivity (Wildman–Crippen MR) is 79.0 cm³/mol. The fourth-order valence-corrected chi connectivity index (χ4v) is 3.02. The van der Waals surface area contributed by atoms with Crippen molar-refractivity contribution in [3.8, 4) is 0 Å². The van der Waals surface area contributed by atoms with Crippen LogP contribution in [0.3, 0.4) is 0 Å². The molecular formula is C15H20N4O3. The Balaban J connectivity index is 1.46. The van der Waals surface area contributed by atoms with E-state index < -0.39 is 5.60 Å². The molecule has 22 heavy (non-hydrogen) atoms. The number of ether oxygens (including phenoxy) is 1. The zero-order chi connectivity index (χ0) is 15.6. The van der Waals surface area contributed by atoms with Gasteiger partial charge in [0.2, 0.25) is 5.91 Å². The van der Waals surface area contributed by atoms with E-state index in [0.717, 1.165) is 18.7 Å². The summed E-state index contributed by atoms with van der Waals surface area (Å²) in [6.45, 7) is 2.71. The van der Waals surface area contributed by atoms with Gasteiger partial charge in [0, 0.05) is 32.8 Å². The summed E-state index contributed by atoms with van der Waals surface area (Å²) >= 11 is 0. The van der Waals surface area contributed by atoms with Crippen LogP contribution in [0.5, 0.6) is 0 Å². The number of hydrogen-bond acceptors (Lipinski definition) is 5. The van der Waals surface area contributed by atoms with Crippen LogP contribution in [-0.4, -0.2) is 65.6 Å². The number of rotatable bonds is 4. The number of amides is 2. The van der Waals surface area contributed by atoms with E-state index >= 15 is 0 Å². The van der Waals surface area contributed by atoms with E-state index in [1.807, 2.05) is 23.1 Å². The Kier molecular flexibility index (Phi) is 3.98. The first-order valence-corrected chi connectivity index (χ1v) is 7.39. The lowest BCUT2D eigenvalue weighted by molar-refractivity contribution is -0.122. The largest absolute Gasteiger partial charge is 0.439 e. The molecule has 1 atom stereocenters. The third-order valence-corrected chi connectivity index (χ3v) is 4.10. The summed E-state index contributed by atoms with van der Waals surface area (Å²) in [4.78, 5) is 31.3. The molecule has 1 aromatic heterocycles. The normalized spacial score (nSPS) is 24.8. The van der Waals surface area contributed by atoms with Gasteiger partial charge in [-0.15, -0.1) is 0 Å². The van der Waals surface area contributed by atoms with Gasteiger partial charge in [-0.1, -0.05) is 6.07 Å². The molecule has 2 aliphatic heterocycles. The maximum absolute atomic E-state index is 12.0. The lowest BCUT2D eigenvalue weighted by Gasteiger charge is -2.21. The number of nitrogens with zero attached hydrogens (tertiary/aromatic N) is 3. The van der Waals surface area contributed by atoms with Crippen LogP contribution in [0.25, 0.3) is 0 Å². The van der Waals surface area contributed by atoms with Crippen LogP contribution in [0, 0.1) is 0 Å². The number of pyridine rings is 1. The number of hydrogen-bond donors (Lipinski definition) is 1. The molecule has 3 heterocycles. The van der Waals surface area contributed by atoms with Crippen LogP contribution in [-0.2, 0) is 16.1 Å². The van der Waals surface area contributed by atoms with Crippen LogP contribution in [0.4, 0.5) is 4.79 Å². The molecule has 0 saturated carbocycles. The number of likely N-dealkylation sites (N-methyl/N-ethyl adjacent to an activating group) is 1. The predicted octanol–water partition coefficient (Wildman–Crippen LogP) is 0.224. The minimum atomic E-state index is -0.437. The van der Waals surface area contributed by atoms with Crippen molar-refractivity contribution < 1.29 is 14.3 Å². The van der Waals surface area contributed by atoms with Gasteiger partial charge in [0.25, 0.3) is 0 Å². The Morgan fingerprint density at radius 2 is 2.32 bits per heavy atom. The van der Waals surface area contributed by atoms with Crippen LogP contribution < -0.4 is 5.32 Å². The zero-order valence-electron chi connectivity index (χ0n) is 12.6. The smallest absolute Gasteiger partial charge is 0.410 e. The highest BCUT2D eigenvalue weighted by atomic mass is 16.6. The van der Waals surface area contributed by atoms with Crippen molar-refractivity contribution in [2.75, 3.05) is 33.2 Å². The molecule has 3 rings (SSSR count). The summed E-state index contributed by atoms with van der Waals surface area (Å²) in [6.07, 6.45) is 2.20. The Bertz CT molecular complexity index is 565. The second-order valence-electron chi connectivity index (χ2n) is 5.97. The highest BCUT2D eigenvalue weighted by molar-refractivity contribution is 5.78. The highest BCUT2D eigenvalue weighted by Gasteiger charge is 2.48. The van der Waals surface area contributed by atoms with Crippen molar-refractivity contribution in [3.63, 3.8) is 0 Å². The lowest BCUT2D eigenvalue weighted by Crippen LogP contribution is -2.40. The quantitative estimate of drug-likeness (QED) is 0.861. The fourth-order valence-electron chi connectivity index (χ4n) is 3.02. The molecule has 2 saturated heterocycles. The average Bonchev–Trinajstić information content (AvgIpc) is 3.01. The van der Waals surface area contributed by atoms with Gasteiger partial charge in [-0.25, -0.2) is 4.79 Å². The van der Waals surface area contributed by atoms with E-state index in [2.05, 4.69) is 10.3 Å². The van der Waals surface area contributed by atoms with Gasteiger partial charge in [0.1, 0.15) is 5.60 Å². The molecule has 0 radical (unpaired) electrons. The molecule has 7 heteroatoms. The van der Waals surface area contributed by atoms with Crippen molar-refractivity contribution in [1.29, 1.82) is 0 Å². The summed E-state index contributed by atoms with van der Waals surface area (Å²) < 4.78 is 5.47. The average molecular weight is 304 g/mol. The number of carbonyl (C=O) groups is 2. The summed E-state index contributed by atoms with van der Waals surface area (Å²) in [5.74, 6) is -0.0413. The second-order valence-corrected chi connectivity index (χ2v) is 5.97. The SMILES string of the molecule is CN1CC2(CCN(CC(=O)NCc3ccccn3)C2)OC1=O. The van der Waals surface area contributed by atoms with Crippen LogP contribution in [0.15, 0.2) is 24.4 Å². The molecule has 118 valence electrons. The van der Waals surface area contributed by atoms with Gasteiger partial charge >= 0.3 is 6.09 Å². The Morgan fingerprint density at radius 3 is 3.00 bits per heavy atom. The third kappa shape index (κ3) is 3.19. The molecule has 0 bridgehead atoms. The molecule has 0 aromatic carbocycles. The maximum atomic E-state index is 12.0. The van der Waals surface area contributed by atoms with E-state index in [0.29, 0.717) is 26.2 Å². The summed E-state index contributed by atoms with van der Waals surface area (Å²) in [5, 5.41) is 2.86. The highest BCUT2D eigenvalue weighted by Crippen LogP contribution is 2.31. The monoisotopic (exact) mass is 304 g/mol. The van der Waals surface area contributed by atoms with Crippen molar-refractivity contribution >= 4 is 12.0 Å². The number of carbonyl (C=O) groups excluding carboxylic acids is 2. The minimum absolute atomic E-state index is 0.0413. The Hall–Kier alpha value is -2.15. The van der Waals surface area contributed by atoms with Gasteiger partial charge in [0.15, 0.2) is 0 Å². The molecule has 0 aliphatic carbocycles. The molecule has 2 aliphatic rings. The molecule has 7 nitrogen and oxygen atoms in total. The van der Waals surface area contributed by atoms with E-state index in [4.69, 9.17) is 4.74 Å². The van der Waals surface area contributed by atoms with Gasteiger partial charge < -0.3 is 15.0 Å². The fraction of sp³-hybridized carbons (Fsp3) is 0.533. The van der Waals surface area contributed by atoms with Crippen molar-refractivity contribution in [2.45, 2.75) is 18.6 Å². The molecule has 2 amide bonds. The van der Waals surface area contributed by atoms with E-state index in [-0.39, 0.29) is 12.0 Å². The van der Waals surface area contributed by atoms with Crippen molar-refractivity contribution in [1.82, 2.24) is 20.1 Å². The van der Waals surface area contributed by atoms with Crippen molar-refractivity contribution in [3.05, 3.63) is 30.1 Å². The van der Waals surface area contributed by atoms with Crippen LogP contribution >= 0.6 is 0 Å². The standard InChI is InChI=1S/C15H20N4O3/c1-18-10-15(22-14(18)21)5-7-19(11-15)9-13(20)17-8-12-4-2-3-6-16-12/h2-4,6H,5,7-11H2,1H3,(H,17,20). The topological polar surface area (TPSA) is 74.8 Å². The molecule has 1 unspecified atom stereocenters. The van der Waals surface area contributed by atoms with Crippen LogP contribution in [0.1, 0.15) is 12.1 Å². The summed E-state index contributed by atoms with van der Waals surface area (Å²) in [5.41, 5.74) is 0.396. The van der Waals surface area contributed by atoms with E-state index in [1.54, 1.807) is 18.1 Å². The summed E-state index contributed by atoms with van der Waals surface area (Å²) in [6, 6.07) is 5.61. The van der Waals surface area contributed by atoms with Gasteiger partial charge in [-0.3, -0.25) is 14.7 Å². The minimum Gasteiger partial charge on any atom is -0.439 e. The molecular weight excluding hydrogens is 284 g/mol. The Labute approximate surface area is 129 Å². The Morgan fingerprint density at radius 1 is 1.45 bits per heavy atom. The first kappa shape index (κ1) is 14.8. The van der Waals surface area contributed by atoms with Gasteiger partial charge in [-0.05, 0) is 12.1 Å². The van der Waals surface area contributed by atoms with Crippen molar-refractivity contribution in [2.24, 2.45) is 0 Å². The zero-order valence-corrected chi connectivity index (χ0v) is 12.6. The second kappa shape index (κ2) is 5.92. The number of aromatic nitrogens is 1. The lowest BCUT2D eigenvalue weighted by atomic mass is 10.0. The first-order valence-electron chi connectivity index (χ1n) is 7.39. The number of nitrogens with one attached hydrogen (secondary N) is 1. The molecule has 1 aromatic rings. The molecule has 2 fully saturated rings. The van der Waals surface area contributed by atoms with E-state index in [1.165, 1.54) is 0 Å². The van der Waals surface area contributed by atoms with Crippen LogP contribution in [0.2, 0.25) is 0 Å². The van der Waals surface area contributed by atoms with E-state index in [9.17, 15) is 9.59 Å². The van der Waals surface area contributed by atoms with Gasteiger partial charge in [0.05, 0.1) is 25.3 Å². The number of likely N-dealkylation sites (tertiary alicyclic amines) is 1. The molecule has 1 spiro atoms. The maximum Gasteiger partial charge on any atom is 0.410 e. The molecule has 1 N–H and O–H groups in total.